The molecule has 1 unspecified atom stereocenters. The maximum Gasteiger partial charge on any atom is 0.260 e. The third-order valence-corrected chi connectivity index (χ3v) is 3.72. The van der Waals surface area contributed by atoms with Crippen LogP contribution in [0.4, 0.5) is 0 Å². The second-order valence-electron chi connectivity index (χ2n) is 5.53. The van der Waals surface area contributed by atoms with Gasteiger partial charge in [0, 0.05) is 26.1 Å². The Morgan fingerprint density at radius 2 is 2.35 bits per heavy atom. The van der Waals surface area contributed by atoms with Gasteiger partial charge in [-0.05, 0) is 38.0 Å². The van der Waals surface area contributed by atoms with Gasteiger partial charge >= 0.3 is 0 Å². The molecule has 6 nitrogen and oxygen atoms in total. The van der Waals surface area contributed by atoms with Gasteiger partial charge in [-0.3, -0.25) is 9.59 Å². The van der Waals surface area contributed by atoms with Crippen molar-refractivity contribution in [1.29, 1.82) is 5.26 Å². The van der Waals surface area contributed by atoms with Gasteiger partial charge in [0.1, 0.15) is 5.75 Å². The molecule has 0 aromatic heterocycles. The summed E-state index contributed by atoms with van der Waals surface area (Å²) in [7, 11) is 0. The first-order valence-electron chi connectivity index (χ1n) is 7.82. The molecule has 1 atom stereocenters. The number of carbonyl (C=O) groups excluding carboxylic acids is 2. The van der Waals surface area contributed by atoms with Crippen molar-refractivity contribution >= 4 is 11.8 Å². The van der Waals surface area contributed by atoms with Crippen LogP contribution in [0, 0.1) is 11.3 Å². The number of rotatable bonds is 7. The van der Waals surface area contributed by atoms with Crippen molar-refractivity contribution in [3.63, 3.8) is 0 Å². The molecule has 2 rings (SSSR count). The number of carbonyl (C=O) groups is 2. The van der Waals surface area contributed by atoms with Crippen molar-refractivity contribution < 1.29 is 14.3 Å². The fourth-order valence-corrected chi connectivity index (χ4v) is 2.46. The van der Waals surface area contributed by atoms with Crippen LogP contribution < -0.4 is 10.1 Å². The Labute approximate surface area is 136 Å². The highest BCUT2D eigenvalue weighted by atomic mass is 16.5. The van der Waals surface area contributed by atoms with E-state index in [2.05, 4.69) is 5.32 Å². The fourth-order valence-electron chi connectivity index (χ4n) is 2.46. The molecule has 1 fully saturated rings. The highest BCUT2D eigenvalue weighted by Gasteiger charge is 2.19. The Balaban J connectivity index is 1.70. The molecule has 0 spiro atoms. The number of ether oxygens (including phenoxy) is 1. The lowest BCUT2D eigenvalue weighted by molar-refractivity contribution is -0.127. The van der Waals surface area contributed by atoms with Gasteiger partial charge in [-0.1, -0.05) is 6.07 Å². The zero-order valence-corrected chi connectivity index (χ0v) is 13.2. The van der Waals surface area contributed by atoms with E-state index in [1.807, 2.05) is 11.0 Å². The summed E-state index contributed by atoms with van der Waals surface area (Å²) in [6.07, 6.45) is 1.66. The van der Waals surface area contributed by atoms with Gasteiger partial charge in [0.15, 0.2) is 6.10 Å². The van der Waals surface area contributed by atoms with Crippen LogP contribution in [0.25, 0.3) is 0 Å². The van der Waals surface area contributed by atoms with Crippen LogP contribution in [0.3, 0.4) is 0 Å². The van der Waals surface area contributed by atoms with Crippen LogP contribution in [0.5, 0.6) is 5.75 Å². The number of nitrogens with one attached hydrogen (secondary N) is 1. The first kappa shape index (κ1) is 16.8. The van der Waals surface area contributed by atoms with Crippen molar-refractivity contribution in [2.45, 2.75) is 32.3 Å². The highest BCUT2D eigenvalue weighted by molar-refractivity contribution is 5.80. The minimum Gasteiger partial charge on any atom is -0.481 e. The maximum atomic E-state index is 12.0. The quantitative estimate of drug-likeness (QED) is 0.772. The molecule has 0 saturated carbocycles. The summed E-state index contributed by atoms with van der Waals surface area (Å²) >= 11 is 0. The monoisotopic (exact) mass is 315 g/mol. The Bertz CT molecular complexity index is 609. The summed E-state index contributed by atoms with van der Waals surface area (Å²) in [6.45, 7) is 3.67. The Hall–Kier alpha value is -2.55. The molecule has 2 amide bonds. The van der Waals surface area contributed by atoms with Crippen LogP contribution in [0.1, 0.15) is 31.7 Å². The van der Waals surface area contributed by atoms with Gasteiger partial charge in [0.25, 0.3) is 5.91 Å². The van der Waals surface area contributed by atoms with Crippen LogP contribution in [-0.4, -0.2) is 42.5 Å². The van der Waals surface area contributed by atoms with Crippen molar-refractivity contribution in [3.8, 4) is 11.8 Å². The van der Waals surface area contributed by atoms with E-state index in [-0.39, 0.29) is 11.8 Å². The van der Waals surface area contributed by atoms with Crippen LogP contribution in [0.15, 0.2) is 24.3 Å². The van der Waals surface area contributed by atoms with Gasteiger partial charge in [0.05, 0.1) is 11.6 Å². The van der Waals surface area contributed by atoms with Gasteiger partial charge in [-0.2, -0.15) is 5.26 Å². The van der Waals surface area contributed by atoms with Crippen molar-refractivity contribution in [2.75, 3.05) is 19.6 Å². The number of nitrogens with zero attached hydrogens (tertiary/aromatic N) is 2. The molecular formula is C17H21N3O3. The second-order valence-corrected chi connectivity index (χ2v) is 5.53. The van der Waals surface area contributed by atoms with E-state index in [0.29, 0.717) is 30.8 Å². The molecule has 122 valence electrons. The van der Waals surface area contributed by atoms with Crippen LogP contribution in [0.2, 0.25) is 0 Å². The lowest BCUT2D eigenvalue weighted by Gasteiger charge is -2.17. The third kappa shape index (κ3) is 4.99. The van der Waals surface area contributed by atoms with Gasteiger partial charge in [-0.15, -0.1) is 0 Å². The Morgan fingerprint density at radius 3 is 3.04 bits per heavy atom. The molecule has 1 N–H and O–H groups in total. The predicted octanol–water partition coefficient (Wildman–Crippen LogP) is 1.45. The molecule has 0 radical (unpaired) electrons. The zero-order valence-electron chi connectivity index (χ0n) is 13.2. The number of benzene rings is 1. The lowest BCUT2D eigenvalue weighted by Crippen LogP contribution is -2.38. The molecular weight excluding hydrogens is 294 g/mol. The first-order chi connectivity index (χ1) is 11.1. The smallest absolute Gasteiger partial charge is 0.260 e. The zero-order chi connectivity index (χ0) is 16.7. The minimum atomic E-state index is -0.641. The van der Waals surface area contributed by atoms with Crippen molar-refractivity contribution in [1.82, 2.24) is 10.2 Å². The van der Waals surface area contributed by atoms with E-state index in [9.17, 15) is 9.59 Å². The number of likely N-dealkylation sites (tertiary alicyclic amines) is 1. The standard InChI is InChI=1S/C17H21N3O3/c1-13(23-15-6-2-5-14(11-15)12-18)17(22)19-8-4-10-20-9-3-7-16(20)21/h2,5-6,11,13H,3-4,7-10H2,1H3,(H,19,22). The van der Waals surface area contributed by atoms with Crippen molar-refractivity contribution in [3.05, 3.63) is 29.8 Å². The summed E-state index contributed by atoms with van der Waals surface area (Å²) < 4.78 is 5.54. The van der Waals surface area contributed by atoms with Gasteiger partial charge < -0.3 is 15.0 Å². The summed E-state index contributed by atoms with van der Waals surface area (Å²) in [5, 5.41) is 11.6. The summed E-state index contributed by atoms with van der Waals surface area (Å²) in [6, 6.07) is 8.73. The number of amides is 2. The Morgan fingerprint density at radius 1 is 1.52 bits per heavy atom. The maximum absolute atomic E-state index is 12.0. The Kier molecular flexibility index (Phi) is 5.98. The summed E-state index contributed by atoms with van der Waals surface area (Å²) in [4.78, 5) is 25.3. The second kappa shape index (κ2) is 8.18. The third-order valence-electron chi connectivity index (χ3n) is 3.72. The average Bonchev–Trinajstić information content (AvgIpc) is 2.96. The van der Waals surface area contributed by atoms with E-state index in [4.69, 9.17) is 10.00 Å². The fraction of sp³-hybridized carbons (Fsp3) is 0.471. The molecule has 0 aliphatic carbocycles. The molecule has 1 aliphatic rings. The van der Waals surface area contributed by atoms with Gasteiger partial charge in [0.2, 0.25) is 5.91 Å². The SMILES string of the molecule is CC(Oc1cccc(C#N)c1)C(=O)NCCCN1CCCC1=O. The summed E-state index contributed by atoms with van der Waals surface area (Å²) in [5.74, 6) is 0.486. The summed E-state index contributed by atoms with van der Waals surface area (Å²) in [5.41, 5.74) is 0.491. The van der Waals surface area contributed by atoms with E-state index < -0.39 is 6.10 Å². The molecule has 1 aliphatic heterocycles. The minimum absolute atomic E-state index is 0.199. The lowest BCUT2D eigenvalue weighted by atomic mass is 10.2. The molecule has 1 heterocycles. The topological polar surface area (TPSA) is 82.4 Å². The predicted molar refractivity (Wildman–Crippen MR) is 84.7 cm³/mol. The van der Waals surface area contributed by atoms with Gasteiger partial charge in [-0.25, -0.2) is 0 Å². The van der Waals surface area contributed by atoms with Crippen LogP contribution >= 0.6 is 0 Å². The number of hydrogen-bond donors (Lipinski definition) is 1. The van der Waals surface area contributed by atoms with Crippen molar-refractivity contribution in [2.24, 2.45) is 0 Å². The molecule has 6 heteroatoms. The normalized spacial score (nSPS) is 15.1. The first-order valence-corrected chi connectivity index (χ1v) is 7.82. The largest absolute Gasteiger partial charge is 0.481 e. The molecule has 1 aromatic carbocycles. The molecule has 0 bridgehead atoms. The number of hydrogen-bond acceptors (Lipinski definition) is 4. The van der Waals surface area contributed by atoms with E-state index in [0.717, 1.165) is 19.4 Å². The number of nitriles is 1. The molecule has 23 heavy (non-hydrogen) atoms. The van der Waals surface area contributed by atoms with E-state index >= 15 is 0 Å². The van der Waals surface area contributed by atoms with Crippen LogP contribution in [-0.2, 0) is 9.59 Å². The van der Waals surface area contributed by atoms with E-state index in [1.165, 1.54) is 0 Å². The highest BCUT2D eigenvalue weighted by Crippen LogP contribution is 2.14. The molecule has 1 saturated heterocycles. The molecule has 1 aromatic rings. The average molecular weight is 315 g/mol. The van der Waals surface area contributed by atoms with E-state index in [1.54, 1.807) is 31.2 Å².